The minimum atomic E-state index is 1.05. The highest BCUT2D eigenvalue weighted by atomic mass is 15.2. The molecule has 0 bridgehead atoms. The van der Waals surface area contributed by atoms with Crippen LogP contribution in [0.25, 0.3) is 99.1 Å². The van der Waals surface area contributed by atoms with Gasteiger partial charge in [-0.1, -0.05) is 255 Å². The van der Waals surface area contributed by atoms with E-state index in [2.05, 4.69) is 337 Å². The lowest BCUT2D eigenvalue weighted by Gasteiger charge is -2.30. The fourth-order valence-electron chi connectivity index (χ4n) is 11.7. The maximum atomic E-state index is 2.46. The largest absolute Gasteiger partial charge is 0.310 e. The number of anilines is 6. The van der Waals surface area contributed by atoms with Crippen molar-refractivity contribution >= 4 is 66.4 Å². The van der Waals surface area contributed by atoms with E-state index in [1.54, 1.807) is 0 Å². The van der Waals surface area contributed by atoms with E-state index in [9.17, 15) is 0 Å². The maximum Gasteiger partial charge on any atom is 0.0546 e. The SMILES string of the molecule is c1ccc(-c2cccc(N(c3ccc(-c4cccc5ccccc45)cc3)c3cc(-c4ccccc4)c4cc(-c5ccccc5)c(N(c5ccc(-c6cccc7ccccc67)cc5)c5cccc(-c6ccccc6)c5)cc4c3)c2)cc1. The molecular formula is C78H54N2. The van der Waals surface area contributed by atoms with Crippen molar-refractivity contribution in [3.63, 3.8) is 0 Å². The molecule has 0 radical (unpaired) electrons. The second kappa shape index (κ2) is 21.1. The molecular weight excluding hydrogens is 965 g/mol. The molecule has 0 aliphatic heterocycles. The van der Waals surface area contributed by atoms with E-state index in [-0.39, 0.29) is 0 Å². The van der Waals surface area contributed by atoms with Crippen molar-refractivity contribution in [1.82, 2.24) is 0 Å². The van der Waals surface area contributed by atoms with Gasteiger partial charge in [0.25, 0.3) is 0 Å². The highest BCUT2D eigenvalue weighted by Crippen LogP contribution is 2.48. The summed E-state index contributed by atoms with van der Waals surface area (Å²) in [6.45, 7) is 0. The highest BCUT2D eigenvalue weighted by Gasteiger charge is 2.23. The molecule has 0 fully saturated rings. The third-order valence-corrected chi connectivity index (χ3v) is 15.6. The molecule has 0 heterocycles. The predicted molar refractivity (Wildman–Crippen MR) is 341 cm³/mol. The Kier molecular flexibility index (Phi) is 12.6. The van der Waals surface area contributed by atoms with Gasteiger partial charge in [0.15, 0.2) is 0 Å². The van der Waals surface area contributed by atoms with E-state index in [1.165, 1.54) is 54.9 Å². The molecule has 0 spiro atoms. The van der Waals surface area contributed by atoms with E-state index in [0.29, 0.717) is 0 Å². The van der Waals surface area contributed by atoms with Crippen molar-refractivity contribution in [1.29, 1.82) is 0 Å². The number of nitrogens with zero attached hydrogens (tertiary/aromatic N) is 2. The summed E-state index contributed by atoms with van der Waals surface area (Å²) < 4.78 is 0. The summed E-state index contributed by atoms with van der Waals surface area (Å²) in [4.78, 5) is 4.89. The fraction of sp³-hybridized carbons (Fsp3) is 0. The van der Waals surface area contributed by atoms with Crippen molar-refractivity contribution in [2.45, 2.75) is 0 Å². The van der Waals surface area contributed by atoms with Crippen LogP contribution in [0.1, 0.15) is 0 Å². The first kappa shape index (κ1) is 47.9. The summed E-state index contributed by atoms with van der Waals surface area (Å²) in [5.74, 6) is 0. The summed E-state index contributed by atoms with van der Waals surface area (Å²) in [6, 6.07) is 120. The van der Waals surface area contributed by atoms with Crippen LogP contribution in [-0.4, -0.2) is 0 Å². The van der Waals surface area contributed by atoms with Crippen LogP contribution in [0.3, 0.4) is 0 Å². The van der Waals surface area contributed by atoms with E-state index >= 15 is 0 Å². The van der Waals surface area contributed by atoms with Crippen LogP contribution in [0.2, 0.25) is 0 Å². The molecule has 0 aliphatic rings. The molecule has 2 nitrogen and oxygen atoms in total. The van der Waals surface area contributed by atoms with Gasteiger partial charge < -0.3 is 9.80 Å². The van der Waals surface area contributed by atoms with Crippen LogP contribution < -0.4 is 9.80 Å². The minimum Gasteiger partial charge on any atom is -0.310 e. The fourth-order valence-corrected chi connectivity index (χ4v) is 11.7. The molecule has 80 heavy (non-hydrogen) atoms. The lowest BCUT2D eigenvalue weighted by Crippen LogP contribution is -2.12. The Bertz CT molecular complexity index is 4490. The quantitative estimate of drug-likeness (QED) is 0.120. The monoisotopic (exact) mass is 1020 g/mol. The first-order valence-corrected chi connectivity index (χ1v) is 27.5. The zero-order valence-electron chi connectivity index (χ0n) is 44.1. The number of benzene rings is 14. The molecule has 0 aromatic heterocycles. The molecule has 2 heteroatoms. The van der Waals surface area contributed by atoms with Gasteiger partial charge in [-0.3, -0.25) is 0 Å². The van der Waals surface area contributed by atoms with E-state index in [4.69, 9.17) is 0 Å². The van der Waals surface area contributed by atoms with Crippen LogP contribution in [-0.2, 0) is 0 Å². The minimum absolute atomic E-state index is 1.05. The average molecular weight is 1020 g/mol. The molecule has 0 atom stereocenters. The van der Waals surface area contributed by atoms with Gasteiger partial charge in [0.2, 0.25) is 0 Å². The van der Waals surface area contributed by atoms with Gasteiger partial charge in [0.05, 0.1) is 5.69 Å². The third-order valence-electron chi connectivity index (χ3n) is 15.6. The Labute approximate surface area is 468 Å². The van der Waals surface area contributed by atoms with Crippen LogP contribution in [0, 0.1) is 0 Å². The summed E-state index contributed by atoms with van der Waals surface area (Å²) in [7, 11) is 0. The number of hydrogen-bond acceptors (Lipinski definition) is 2. The van der Waals surface area contributed by atoms with Crippen molar-refractivity contribution in [2.24, 2.45) is 0 Å². The zero-order chi connectivity index (χ0) is 53.2. The summed E-state index contributed by atoms with van der Waals surface area (Å²) in [6.07, 6.45) is 0. The van der Waals surface area contributed by atoms with Crippen LogP contribution in [0.15, 0.2) is 328 Å². The molecule has 0 N–H and O–H groups in total. The van der Waals surface area contributed by atoms with Gasteiger partial charge in [-0.2, -0.15) is 0 Å². The van der Waals surface area contributed by atoms with E-state index in [0.717, 1.165) is 78.3 Å². The zero-order valence-corrected chi connectivity index (χ0v) is 44.1. The van der Waals surface area contributed by atoms with Crippen LogP contribution in [0.4, 0.5) is 34.1 Å². The Morgan fingerprint density at radius 2 is 0.550 bits per heavy atom. The Morgan fingerprint density at radius 3 is 1.06 bits per heavy atom. The smallest absolute Gasteiger partial charge is 0.0546 e. The van der Waals surface area contributed by atoms with Gasteiger partial charge in [-0.05, 0) is 166 Å². The van der Waals surface area contributed by atoms with Gasteiger partial charge in [0, 0.05) is 34.0 Å². The molecule has 14 rings (SSSR count). The molecule has 0 unspecified atom stereocenters. The van der Waals surface area contributed by atoms with Crippen LogP contribution >= 0.6 is 0 Å². The first-order valence-electron chi connectivity index (χ1n) is 27.5. The molecule has 14 aromatic carbocycles. The topological polar surface area (TPSA) is 6.48 Å². The number of fused-ring (bicyclic) bond motifs is 3. The third kappa shape index (κ3) is 9.25. The van der Waals surface area contributed by atoms with Crippen molar-refractivity contribution in [3.8, 4) is 66.8 Å². The first-order chi connectivity index (χ1) is 39.7. The molecule has 0 saturated heterocycles. The Hall–Kier alpha value is -10.5. The van der Waals surface area contributed by atoms with Crippen molar-refractivity contribution < 1.29 is 0 Å². The van der Waals surface area contributed by atoms with Gasteiger partial charge in [-0.25, -0.2) is 0 Å². The Balaban J connectivity index is 1.01. The van der Waals surface area contributed by atoms with Crippen LogP contribution in [0.5, 0.6) is 0 Å². The highest BCUT2D eigenvalue weighted by molar-refractivity contribution is 6.07. The predicted octanol–water partition coefficient (Wildman–Crippen LogP) is 22.1. The lowest BCUT2D eigenvalue weighted by atomic mass is 9.91. The molecule has 0 amide bonds. The molecule has 376 valence electrons. The second-order valence-corrected chi connectivity index (χ2v) is 20.5. The summed E-state index contributed by atoms with van der Waals surface area (Å²) >= 11 is 0. The molecule has 14 aromatic rings. The van der Waals surface area contributed by atoms with E-state index in [1.807, 2.05) is 0 Å². The Morgan fingerprint density at radius 1 is 0.163 bits per heavy atom. The van der Waals surface area contributed by atoms with Crippen molar-refractivity contribution in [2.75, 3.05) is 9.80 Å². The van der Waals surface area contributed by atoms with Gasteiger partial charge in [-0.15, -0.1) is 0 Å². The number of hydrogen-bond donors (Lipinski definition) is 0. The maximum absolute atomic E-state index is 2.46. The second-order valence-electron chi connectivity index (χ2n) is 20.5. The normalized spacial score (nSPS) is 11.2. The van der Waals surface area contributed by atoms with Crippen molar-refractivity contribution in [3.05, 3.63) is 328 Å². The molecule has 0 saturated carbocycles. The van der Waals surface area contributed by atoms with Gasteiger partial charge >= 0.3 is 0 Å². The summed E-state index contributed by atoms with van der Waals surface area (Å²) in [5.41, 5.74) is 20.3. The lowest BCUT2D eigenvalue weighted by molar-refractivity contribution is 1.28. The van der Waals surface area contributed by atoms with E-state index < -0.39 is 0 Å². The van der Waals surface area contributed by atoms with Gasteiger partial charge in [0.1, 0.15) is 0 Å². The standard InChI is InChI=1S/C78H54N2/c1-5-21-55(22-6-1)63-33-17-35-68(49-63)79(66-45-41-61(42-46-66)73-39-19-31-57-29-13-15-37-71(57)73)70-51-65-52-78(77(60-27-11-4-12-28-60)54-76(65)75(53-70)59-25-9-3-10-26-59)80(69-36-18-34-64(50-69)56-23-7-2-8-24-56)67-47-43-62(44-48-67)74-40-20-32-58-30-14-16-38-72(58)74/h1-54H. The molecule has 0 aliphatic carbocycles. The number of rotatable bonds is 12. The average Bonchev–Trinajstić information content (AvgIpc) is 3.55. The summed E-state index contributed by atoms with van der Waals surface area (Å²) in [5, 5.41) is 7.22.